The molecular formula is C18H21N5O2SSi. The molecular weight excluding hydrogens is 378 g/mol. The molecule has 0 atom stereocenters. The van der Waals surface area contributed by atoms with Gasteiger partial charge in [0.1, 0.15) is 24.8 Å². The quantitative estimate of drug-likeness (QED) is 0.372. The minimum Gasteiger partial charge on any atom is -0.466 e. The fraction of sp³-hybridized carbons (Fsp3) is 0.389. The van der Waals surface area contributed by atoms with Crippen molar-refractivity contribution in [3.63, 3.8) is 0 Å². The number of aryl methyl sites for hydroxylation is 1. The Kier molecular flexibility index (Phi) is 5.67. The Hall–Kier alpha value is -2.57. The van der Waals surface area contributed by atoms with E-state index in [-0.39, 0.29) is 12.4 Å². The first-order chi connectivity index (χ1) is 12.9. The molecule has 7 nitrogen and oxygen atoms in total. The second-order valence-electron chi connectivity index (χ2n) is 7.04. The summed E-state index contributed by atoms with van der Waals surface area (Å²) < 4.78 is 15.4. The molecule has 3 rings (SSSR count). The van der Waals surface area contributed by atoms with E-state index in [9.17, 15) is 4.79 Å². The van der Waals surface area contributed by atoms with Gasteiger partial charge in [-0.3, -0.25) is 9.48 Å². The summed E-state index contributed by atoms with van der Waals surface area (Å²) in [6.07, 6.45) is 2.07. The molecule has 0 saturated carbocycles. The van der Waals surface area contributed by atoms with Crippen LogP contribution in [0.3, 0.4) is 0 Å². The topological polar surface area (TPSA) is 82.8 Å². The fourth-order valence-electron chi connectivity index (χ4n) is 2.40. The van der Waals surface area contributed by atoms with E-state index in [0.717, 1.165) is 33.9 Å². The largest absolute Gasteiger partial charge is 0.466 e. The molecule has 0 amide bonds. The summed E-state index contributed by atoms with van der Waals surface area (Å²) in [5, 5.41) is 8.32. The maximum Gasteiger partial charge on any atom is 0.307 e. The Bertz CT molecular complexity index is 1030. The summed E-state index contributed by atoms with van der Waals surface area (Å²) >= 11 is 1.16. The molecule has 0 unspecified atom stereocenters. The van der Waals surface area contributed by atoms with Crippen molar-refractivity contribution in [1.29, 1.82) is 0 Å². The van der Waals surface area contributed by atoms with Crippen LogP contribution in [0.2, 0.25) is 19.6 Å². The zero-order valence-electron chi connectivity index (χ0n) is 15.8. The maximum absolute atomic E-state index is 11.5. The lowest BCUT2D eigenvalue weighted by Gasteiger charge is -2.04. The third-order valence-electron chi connectivity index (χ3n) is 3.65. The van der Waals surface area contributed by atoms with Crippen molar-refractivity contribution in [2.24, 2.45) is 0 Å². The maximum atomic E-state index is 11.5. The summed E-state index contributed by atoms with van der Waals surface area (Å²) in [4.78, 5) is 11.5. The predicted molar refractivity (Wildman–Crippen MR) is 108 cm³/mol. The number of benzene rings is 1. The van der Waals surface area contributed by atoms with E-state index >= 15 is 0 Å². The molecule has 0 fully saturated rings. The molecule has 0 bridgehead atoms. The second-order valence-corrected chi connectivity index (χ2v) is 12.3. The average Bonchev–Trinajstić information content (AvgIpc) is 3.27. The van der Waals surface area contributed by atoms with Gasteiger partial charge in [0.05, 0.1) is 43.1 Å². The molecule has 0 aliphatic heterocycles. The van der Waals surface area contributed by atoms with Crippen molar-refractivity contribution >= 4 is 36.8 Å². The number of hydrogen-bond donors (Lipinski definition) is 0. The number of carbonyl (C=O) groups excluding carboxylic acids is 1. The average molecular weight is 400 g/mol. The molecule has 27 heavy (non-hydrogen) atoms. The Morgan fingerprint density at radius 3 is 2.78 bits per heavy atom. The van der Waals surface area contributed by atoms with Gasteiger partial charge >= 0.3 is 5.97 Å². The smallest absolute Gasteiger partial charge is 0.307 e. The van der Waals surface area contributed by atoms with Crippen LogP contribution in [0.25, 0.3) is 22.3 Å². The lowest BCUT2D eigenvalue weighted by atomic mass is 10.1. The van der Waals surface area contributed by atoms with Crippen LogP contribution in [0.5, 0.6) is 0 Å². The number of carbonyl (C=O) groups is 1. The second kappa shape index (κ2) is 7.98. The van der Waals surface area contributed by atoms with E-state index in [1.165, 1.54) is 0 Å². The Labute approximate surface area is 163 Å². The van der Waals surface area contributed by atoms with Gasteiger partial charge in [-0.2, -0.15) is 8.75 Å². The van der Waals surface area contributed by atoms with Gasteiger partial charge in [-0.15, -0.1) is 10.6 Å². The normalized spacial score (nSPS) is 11.3. The number of rotatable bonds is 5. The molecule has 0 aliphatic rings. The first-order valence-electron chi connectivity index (χ1n) is 8.72. The zero-order valence-corrected chi connectivity index (χ0v) is 17.6. The first-order valence-corrected chi connectivity index (χ1v) is 12.9. The van der Waals surface area contributed by atoms with Crippen LogP contribution in [0.4, 0.5) is 0 Å². The fourth-order valence-corrected chi connectivity index (χ4v) is 3.48. The third-order valence-corrected chi connectivity index (χ3v) is 5.06. The van der Waals surface area contributed by atoms with E-state index in [0.29, 0.717) is 18.8 Å². The molecule has 140 valence electrons. The number of ether oxygens (including phenoxy) is 1. The van der Waals surface area contributed by atoms with Crippen LogP contribution in [-0.4, -0.2) is 44.4 Å². The number of fused-ring (bicyclic) bond motifs is 1. The molecule has 9 heteroatoms. The number of nitrogens with zero attached hydrogens (tertiary/aromatic N) is 5. The monoisotopic (exact) mass is 399 g/mol. The van der Waals surface area contributed by atoms with Crippen LogP contribution in [0.15, 0.2) is 18.3 Å². The van der Waals surface area contributed by atoms with Crippen LogP contribution >= 0.6 is 11.7 Å². The van der Waals surface area contributed by atoms with Crippen LogP contribution < -0.4 is 0 Å². The summed E-state index contributed by atoms with van der Waals surface area (Å²) in [5.74, 6) is 3.02. The molecule has 0 radical (unpaired) electrons. The van der Waals surface area contributed by atoms with Crippen LogP contribution in [0.1, 0.15) is 18.9 Å². The van der Waals surface area contributed by atoms with Crippen LogP contribution in [-0.2, 0) is 16.1 Å². The van der Waals surface area contributed by atoms with Gasteiger partial charge in [0, 0.05) is 5.56 Å². The highest BCUT2D eigenvalue weighted by Crippen LogP contribution is 2.28. The van der Waals surface area contributed by atoms with E-state index in [1.54, 1.807) is 17.8 Å². The molecule has 0 aliphatic carbocycles. The predicted octanol–water partition coefficient (Wildman–Crippen LogP) is 3.13. The van der Waals surface area contributed by atoms with Crippen molar-refractivity contribution in [2.75, 3.05) is 6.61 Å². The Morgan fingerprint density at radius 2 is 2.04 bits per heavy atom. The molecule has 2 heterocycles. The van der Waals surface area contributed by atoms with E-state index < -0.39 is 8.07 Å². The molecule has 1 aromatic carbocycles. The summed E-state index contributed by atoms with van der Waals surface area (Å²) in [6, 6.07) is 3.92. The van der Waals surface area contributed by atoms with Gasteiger partial charge in [-0.05, 0) is 19.1 Å². The first kappa shape index (κ1) is 19.2. The highest BCUT2D eigenvalue weighted by Gasteiger charge is 2.15. The van der Waals surface area contributed by atoms with Gasteiger partial charge in [0.15, 0.2) is 0 Å². The van der Waals surface area contributed by atoms with E-state index in [4.69, 9.17) is 4.74 Å². The van der Waals surface area contributed by atoms with Crippen molar-refractivity contribution in [3.8, 4) is 22.7 Å². The number of esters is 1. The molecule has 0 spiro atoms. The summed E-state index contributed by atoms with van der Waals surface area (Å²) in [6.45, 7) is 9.21. The van der Waals surface area contributed by atoms with Crippen molar-refractivity contribution in [2.45, 2.75) is 39.5 Å². The van der Waals surface area contributed by atoms with E-state index in [2.05, 4.69) is 50.2 Å². The van der Waals surface area contributed by atoms with Gasteiger partial charge in [-0.1, -0.05) is 30.8 Å². The third kappa shape index (κ3) is 4.78. The highest BCUT2D eigenvalue weighted by molar-refractivity contribution is 7.00. The van der Waals surface area contributed by atoms with Crippen LogP contribution in [0, 0.1) is 11.5 Å². The minimum atomic E-state index is -1.48. The van der Waals surface area contributed by atoms with Gasteiger partial charge < -0.3 is 4.74 Å². The molecule has 2 aromatic heterocycles. The minimum absolute atomic E-state index is 0.244. The lowest BCUT2D eigenvalue weighted by Crippen LogP contribution is -2.16. The Morgan fingerprint density at radius 1 is 1.26 bits per heavy atom. The van der Waals surface area contributed by atoms with Crippen molar-refractivity contribution < 1.29 is 9.53 Å². The van der Waals surface area contributed by atoms with Gasteiger partial charge in [0.25, 0.3) is 0 Å². The summed E-state index contributed by atoms with van der Waals surface area (Å²) in [5.41, 5.74) is 7.39. The number of hydrogen-bond acceptors (Lipinski definition) is 7. The van der Waals surface area contributed by atoms with E-state index in [1.807, 2.05) is 12.1 Å². The SMILES string of the molecule is CCOC(=O)CCn1cc(-c2ccc(C#C[Si](C)(C)C)c3nsnc23)nn1. The molecule has 0 saturated heterocycles. The number of aromatic nitrogens is 5. The summed E-state index contributed by atoms with van der Waals surface area (Å²) in [7, 11) is -1.48. The van der Waals surface area contributed by atoms with Gasteiger partial charge in [-0.25, -0.2) is 0 Å². The zero-order chi connectivity index (χ0) is 19.4. The van der Waals surface area contributed by atoms with Crippen molar-refractivity contribution in [1.82, 2.24) is 23.7 Å². The standard InChI is InChI=1S/C18H21N5O2SSi/c1-5-25-16(24)8-10-23-12-15(19-22-23)14-7-6-13(9-11-27(2,3)4)17-18(14)21-26-20-17/h6-7,12H,5,8,10H2,1-4H3. The molecule has 3 aromatic rings. The van der Waals surface area contributed by atoms with Gasteiger partial charge in [0.2, 0.25) is 0 Å². The highest BCUT2D eigenvalue weighted by atomic mass is 32.1. The molecule has 0 N–H and O–H groups in total. The van der Waals surface area contributed by atoms with Crippen molar-refractivity contribution in [3.05, 3.63) is 23.9 Å². The Balaban J connectivity index is 1.87. The lowest BCUT2D eigenvalue weighted by molar-refractivity contribution is -0.143.